The molecule has 4 heteroatoms. The average molecular weight is 501 g/mol. The number of rotatable bonds is 6. The largest absolute Gasteiger partial charge is 0.486 e. The van der Waals surface area contributed by atoms with Crippen LogP contribution in [0.15, 0.2) is 77.1 Å². The minimum atomic E-state index is -1.84. The van der Waals surface area contributed by atoms with Gasteiger partial charge < -0.3 is 4.74 Å². The number of allylic oxidation sites excluding steroid dienone is 7. The Balaban J connectivity index is 2.09. The lowest BCUT2D eigenvalue weighted by atomic mass is 9.39. The van der Waals surface area contributed by atoms with E-state index in [0.717, 1.165) is 5.57 Å². The number of hydrogen-bond donors (Lipinski definition) is 0. The summed E-state index contributed by atoms with van der Waals surface area (Å²) >= 11 is 0. The van der Waals surface area contributed by atoms with Crippen LogP contribution in [0.5, 0.6) is 0 Å². The van der Waals surface area contributed by atoms with Crippen molar-refractivity contribution in [3.05, 3.63) is 82.7 Å². The van der Waals surface area contributed by atoms with Gasteiger partial charge in [0.15, 0.2) is 22.8 Å². The summed E-state index contributed by atoms with van der Waals surface area (Å²) in [6.45, 7) is 15.9. The number of Topliss-reactive ketones (excluding diaryl/α,β-unsaturated/α-hetero) is 3. The number of benzene rings is 1. The van der Waals surface area contributed by atoms with Crippen LogP contribution < -0.4 is 0 Å². The van der Waals surface area contributed by atoms with Crippen molar-refractivity contribution >= 4 is 17.3 Å². The van der Waals surface area contributed by atoms with Crippen molar-refractivity contribution in [2.24, 2.45) is 22.2 Å². The Kier molecular flexibility index (Phi) is 6.63. The zero-order valence-electron chi connectivity index (χ0n) is 23.5. The molecule has 0 unspecified atom stereocenters. The van der Waals surface area contributed by atoms with Gasteiger partial charge in [-0.05, 0) is 84.3 Å². The summed E-state index contributed by atoms with van der Waals surface area (Å²) in [4.78, 5) is 44.3. The molecule has 196 valence electrons. The summed E-state index contributed by atoms with van der Waals surface area (Å²) in [7, 11) is 0. The molecule has 0 amide bonds. The van der Waals surface area contributed by atoms with Crippen LogP contribution in [0.2, 0.25) is 0 Å². The first-order chi connectivity index (χ1) is 17.2. The molecule has 1 heterocycles. The van der Waals surface area contributed by atoms with Crippen LogP contribution >= 0.6 is 0 Å². The molecular weight excluding hydrogens is 460 g/mol. The maximum atomic E-state index is 15.0. The number of carbonyl (C=O) groups excluding carboxylic acids is 3. The monoisotopic (exact) mass is 500 g/mol. The Labute approximate surface area is 221 Å². The highest BCUT2D eigenvalue weighted by Gasteiger charge is 2.75. The van der Waals surface area contributed by atoms with Crippen LogP contribution in [-0.2, 0) is 14.3 Å². The second kappa shape index (κ2) is 9.08. The molecule has 1 aromatic rings. The molecule has 1 aliphatic heterocycles. The molecule has 37 heavy (non-hydrogen) atoms. The molecule has 2 bridgehead atoms. The van der Waals surface area contributed by atoms with Gasteiger partial charge in [0, 0.05) is 5.56 Å². The van der Waals surface area contributed by atoms with Crippen molar-refractivity contribution in [3.63, 3.8) is 0 Å². The van der Waals surface area contributed by atoms with Gasteiger partial charge in [-0.2, -0.15) is 0 Å². The predicted molar refractivity (Wildman–Crippen MR) is 147 cm³/mol. The van der Waals surface area contributed by atoms with Crippen molar-refractivity contribution < 1.29 is 19.1 Å². The first kappa shape index (κ1) is 27.0. The molecule has 1 saturated carbocycles. The highest BCUT2D eigenvalue weighted by molar-refractivity contribution is 6.37. The number of carbonyl (C=O) groups is 3. The van der Waals surface area contributed by atoms with E-state index in [1.807, 2.05) is 53.7 Å². The molecule has 0 saturated heterocycles. The van der Waals surface area contributed by atoms with Crippen molar-refractivity contribution in [2.45, 2.75) is 80.3 Å². The van der Waals surface area contributed by atoms with Crippen molar-refractivity contribution in [3.8, 4) is 0 Å². The topological polar surface area (TPSA) is 60.4 Å². The number of ether oxygens (including phenoxy) is 1. The van der Waals surface area contributed by atoms with Crippen molar-refractivity contribution in [1.29, 1.82) is 0 Å². The van der Waals surface area contributed by atoms with E-state index in [4.69, 9.17) is 4.74 Å². The summed E-state index contributed by atoms with van der Waals surface area (Å²) in [5.41, 5.74) is -1.49. The summed E-state index contributed by atoms with van der Waals surface area (Å²) in [6.07, 6.45) is 9.47. The highest BCUT2D eigenvalue weighted by Crippen LogP contribution is 2.67. The quantitative estimate of drug-likeness (QED) is 0.232. The highest BCUT2D eigenvalue weighted by atomic mass is 16.5. The van der Waals surface area contributed by atoms with Crippen LogP contribution in [0.1, 0.15) is 85.0 Å². The van der Waals surface area contributed by atoms with Gasteiger partial charge in [-0.15, -0.1) is 0 Å². The molecule has 4 nitrogen and oxygen atoms in total. The van der Waals surface area contributed by atoms with Gasteiger partial charge in [0.1, 0.15) is 11.4 Å². The van der Waals surface area contributed by atoms with Gasteiger partial charge in [-0.25, -0.2) is 0 Å². The molecule has 1 fully saturated rings. The van der Waals surface area contributed by atoms with Gasteiger partial charge in [0.2, 0.25) is 0 Å². The molecule has 3 aliphatic rings. The van der Waals surface area contributed by atoms with E-state index in [0.29, 0.717) is 36.2 Å². The fourth-order valence-electron chi connectivity index (χ4n) is 6.47. The lowest BCUT2D eigenvalue weighted by Gasteiger charge is -2.60. The van der Waals surface area contributed by atoms with Crippen LogP contribution in [0.25, 0.3) is 0 Å². The van der Waals surface area contributed by atoms with Crippen LogP contribution in [0.3, 0.4) is 0 Å². The minimum Gasteiger partial charge on any atom is -0.486 e. The maximum Gasteiger partial charge on any atom is 0.188 e. The molecule has 0 aromatic heterocycles. The Morgan fingerprint density at radius 3 is 2.19 bits per heavy atom. The summed E-state index contributed by atoms with van der Waals surface area (Å²) in [5, 5.41) is 0. The lowest BCUT2D eigenvalue weighted by molar-refractivity contribution is -0.167. The minimum absolute atomic E-state index is 0.0889. The maximum absolute atomic E-state index is 15.0. The number of ketones is 3. The van der Waals surface area contributed by atoms with Gasteiger partial charge in [-0.3, -0.25) is 14.4 Å². The molecule has 0 spiro atoms. The summed E-state index contributed by atoms with van der Waals surface area (Å²) < 4.78 is 6.51. The van der Waals surface area contributed by atoms with Gasteiger partial charge >= 0.3 is 0 Å². The molecule has 0 N–H and O–H groups in total. The standard InChI is InChI=1S/C33H40O4/c1-21(2)14-15-24-20-32(19-16-22(3)4)28-25(17-18-30(5,6)37-28)27(35)33(29(32)36,31(24,7)8)26(34)23-12-10-9-11-13-23/h9-14,16-18,24H,15,19-20H2,1-8H3/t24-,32+,33-/m0/s1. The third-order valence-electron chi connectivity index (χ3n) is 8.68. The smallest absolute Gasteiger partial charge is 0.188 e. The fourth-order valence-corrected chi connectivity index (χ4v) is 6.47. The zero-order chi connectivity index (χ0) is 27.4. The van der Waals surface area contributed by atoms with Gasteiger partial charge in [0.25, 0.3) is 0 Å². The molecule has 4 rings (SSSR count). The lowest BCUT2D eigenvalue weighted by Crippen LogP contribution is -2.70. The Hall–Kier alpha value is -3.01. The third-order valence-corrected chi connectivity index (χ3v) is 8.68. The van der Waals surface area contributed by atoms with E-state index in [2.05, 4.69) is 26.0 Å². The molecule has 1 aromatic carbocycles. The first-order valence-corrected chi connectivity index (χ1v) is 13.3. The van der Waals surface area contributed by atoms with E-state index in [1.165, 1.54) is 5.57 Å². The fraction of sp³-hybridized carbons (Fsp3) is 0.485. The molecule has 2 aliphatic carbocycles. The second-order valence-electron chi connectivity index (χ2n) is 12.6. The van der Waals surface area contributed by atoms with E-state index in [1.54, 1.807) is 30.3 Å². The summed E-state index contributed by atoms with van der Waals surface area (Å²) in [6, 6.07) is 8.83. The van der Waals surface area contributed by atoms with Crippen LogP contribution in [0.4, 0.5) is 0 Å². The zero-order valence-corrected chi connectivity index (χ0v) is 23.5. The Bertz CT molecular complexity index is 1260. The SMILES string of the molecule is CC(C)=CC[C@H]1C[C@@]2(CC=C(C)C)C(=O)[C@](C(=O)c3ccccc3)(C(=O)C3=C2OC(C)(C)C=C3)C1(C)C. The van der Waals surface area contributed by atoms with E-state index in [-0.39, 0.29) is 11.7 Å². The first-order valence-electron chi connectivity index (χ1n) is 13.3. The van der Waals surface area contributed by atoms with Gasteiger partial charge in [0.05, 0.1) is 11.0 Å². The van der Waals surface area contributed by atoms with Crippen LogP contribution in [0, 0.1) is 22.2 Å². The molecule has 0 radical (unpaired) electrons. The predicted octanol–water partition coefficient (Wildman–Crippen LogP) is 7.37. The molecular formula is C33H40O4. The van der Waals surface area contributed by atoms with Crippen molar-refractivity contribution in [1.82, 2.24) is 0 Å². The molecule has 3 atom stereocenters. The number of fused-ring (bicyclic) bond motifs is 3. The van der Waals surface area contributed by atoms with Crippen LogP contribution in [-0.4, -0.2) is 23.0 Å². The van der Waals surface area contributed by atoms with E-state index < -0.39 is 33.4 Å². The Morgan fingerprint density at radius 2 is 1.59 bits per heavy atom. The van der Waals surface area contributed by atoms with Gasteiger partial charge in [-0.1, -0.05) is 67.5 Å². The van der Waals surface area contributed by atoms with E-state index >= 15 is 4.79 Å². The Morgan fingerprint density at radius 1 is 0.973 bits per heavy atom. The normalized spacial score (nSPS) is 29.2. The van der Waals surface area contributed by atoms with Crippen molar-refractivity contribution in [2.75, 3.05) is 0 Å². The number of hydrogen-bond acceptors (Lipinski definition) is 4. The average Bonchev–Trinajstić information content (AvgIpc) is 2.82. The third kappa shape index (κ3) is 4.00. The summed E-state index contributed by atoms with van der Waals surface area (Å²) in [5.74, 6) is -0.774. The second-order valence-corrected chi connectivity index (χ2v) is 12.6. The van der Waals surface area contributed by atoms with E-state index in [9.17, 15) is 9.59 Å².